The number of guanidine groups is 1. The third-order valence-corrected chi connectivity index (χ3v) is 4.58. The SMILES string of the molecule is CCNC(=NCC(C)(C)N1CCOCC1)NCCCNc1ccccc1. The first kappa shape index (κ1) is 20.5. The second-order valence-electron chi connectivity index (χ2n) is 7.18. The zero-order chi connectivity index (χ0) is 18.7. The molecule has 146 valence electrons. The average Bonchev–Trinajstić information content (AvgIpc) is 2.67. The molecule has 0 saturated carbocycles. The molecule has 1 heterocycles. The maximum atomic E-state index is 5.46. The number of ether oxygens (including phenoxy) is 1. The molecule has 3 N–H and O–H groups in total. The third kappa shape index (κ3) is 7.22. The van der Waals surface area contributed by atoms with E-state index in [-0.39, 0.29) is 5.54 Å². The van der Waals surface area contributed by atoms with Crippen LogP contribution in [0.5, 0.6) is 0 Å². The lowest BCUT2D eigenvalue weighted by Gasteiger charge is -2.39. The number of nitrogens with zero attached hydrogens (tertiary/aromatic N) is 2. The first-order valence-electron chi connectivity index (χ1n) is 9.76. The lowest BCUT2D eigenvalue weighted by atomic mass is 10.0. The molecule has 1 aromatic carbocycles. The van der Waals surface area contributed by atoms with Gasteiger partial charge in [0.15, 0.2) is 5.96 Å². The molecule has 0 atom stereocenters. The van der Waals surface area contributed by atoms with Gasteiger partial charge in [0.1, 0.15) is 0 Å². The molecule has 26 heavy (non-hydrogen) atoms. The van der Waals surface area contributed by atoms with Crippen LogP contribution in [0.15, 0.2) is 35.3 Å². The van der Waals surface area contributed by atoms with Crippen molar-refractivity contribution in [2.45, 2.75) is 32.7 Å². The maximum Gasteiger partial charge on any atom is 0.191 e. The lowest BCUT2D eigenvalue weighted by Crippen LogP contribution is -2.52. The number of hydrogen-bond donors (Lipinski definition) is 3. The molecule has 0 aromatic heterocycles. The number of morpholine rings is 1. The van der Waals surface area contributed by atoms with Gasteiger partial charge >= 0.3 is 0 Å². The largest absolute Gasteiger partial charge is 0.385 e. The first-order chi connectivity index (χ1) is 12.6. The Morgan fingerprint density at radius 2 is 1.85 bits per heavy atom. The van der Waals surface area contributed by atoms with Gasteiger partial charge in [0.2, 0.25) is 0 Å². The van der Waals surface area contributed by atoms with Crippen LogP contribution in [0.25, 0.3) is 0 Å². The predicted molar refractivity (Wildman–Crippen MR) is 110 cm³/mol. The van der Waals surface area contributed by atoms with E-state index in [1.54, 1.807) is 0 Å². The monoisotopic (exact) mass is 361 g/mol. The van der Waals surface area contributed by atoms with E-state index in [9.17, 15) is 0 Å². The summed E-state index contributed by atoms with van der Waals surface area (Å²) in [4.78, 5) is 7.27. The minimum atomic E-state index is 0.0427. The summed E-state index contributed by atoms with van der Waals surface area (Å²) in [6, 6.07) is 10.3. The normalized spacial score (nSPS) is 16.3. The van der Waals surface area contributed by atoms with Crippen LogP contribution in [0.3, 0.4) is 0 Å². The molecule has 0 radical (unpaired) electrons. The van der Waals surface area contributed by atoms with Gasteiger partial charge in [-0.15, -0.1) is 0 Å². The minimum Gasteiger partial charge on any atom is -0.385 e. The zero-order valence-electron chi connectivity index (χ0n) is 16.6. The van der Waals surface area contributed by atoms with Crippen molar-refractivity contribution in [3.8, 4) is 0 Å². The van der Waals surface area contributed by atoms with Crippen molar-refractivity contribution in [3.63, 3.8) is 0 Å². The molecule has 1 fully saturated rings. The number of nitrogens with one attached hydrogen (secondary N) is 3. The third-order valence-electron chi connectivity index (χ3n) is 4.58. The van der Waals surface area contributed by atoms with Gasteiger partial charge < -0.3 is 20.7 Å². The summed E-state index contributed by atoms with van der Waals surface area (Å²) in [5, 5.41) is 10.2. The molecule has 1 aliphatic heterocycles. The Morgan fingerprint density at radius 3 is 2.54 bits per heavy atom. The number of para-hydroxylation sites is 1. The summed E-state index contributed by atoms with van der Waals surface area (Å²) in [6.45, 7) is 13.7. The highest BCUT2D eigenvalue weighted by Gasteiger charge is 2.27. The number of aliphatic imine (C=N–C) groups is 1. The highest BCUT2D eigenvalue weighted by molar-refractivity contribution is 5.79. The van der Waals surface area contributed by atoms with Gasteiger partial charge in [-0.1, -0.05) is 18.2 Å². The van der Waals surface area contributed by atoms with Crippen molar-refractivity contribution < 1.29 is 4.74 Å². The van der Waals surface area contributed by atoms with Crippen molar-refractivity contribution in [1.29, 1.82) is 0 Å². The quantitative estimate of drug-likeness (QED) is 0.357. The fourth-order valence-corrected chi connectivity index (χ4v) is 2.97. The molecule has 6 heteroatoms. The number of hydrogen-bond acceptors (Lipinski definition) is 4. The second-order valence-corrected chi connectivity index (χ2v) is 7.18. The Hall–Kier alpha value is -1.79. The van der Waals surface area contributed by atoms with Crippen molar-refractivity contribution in [2.75, 3.05) is 57.8 Å². The first-order valence-corrected chi connectivity index (χ1v) is 9.76. The molecule has 1 aromatic rings. The van der Waals surface area contributed by atoms with E-state index in [1.165, 1.54) is 5.69 Å². The predicted octanol–water partition coefficient (Wildman–Crippen LogP) is 2.15. The van der Waals surface area contributed by atoms with E-state index in [0.29, 0.717) is 0 Å². The lowest BCUT2D eigenvalue weighted by molar-refractivity contribution is -0.00683. The van der Waals surface area contributed by atoms with Gasteiger partial charge in [-0.2, -0.15) is 0 Å². The Bertz CT molecular complexity index is 526. The molecule has 1 aliphatic rings. The summed E-state index contributed by atoms with van der Waals surface area (Å²) < 4.78 is 5.46. The van der Waals surface area contributed by atoms with Gasteiger partial charge in [0.05, 0.1) is 19.8 Å². The van der Waals surface area contributed by atoms with Gasteiger partial charge in [-0.25, -0.2) is 0 Å². The van der Waals surface area contributed by atoms with Gasteiger partial charge in [0, 0.05) is 44.0 Å². The van der Waals surface area contributed by atoms with Crippen LogP contribution >= 0.6 is 0 Å². The van der Waals surface area contributed by atoms with E-state index in [4.69, 9.17) is 9.73 Å². The minimum absolute atomic E-state index is 0.0427. The second kappa shape index (κ2) is 11.0. The van der Waals surface area contributed by atoms with Crippen LogP contribution in [0.4, 0.5) is 5.69 Å². The van der Waals surface area contributed by atoms with E-state index < -0.39 is 0 Å². The van der Waals surface area contributed by atoms with E-state index in [2.05, 4.69) is 53.8 Å². The summed E-state index contributed by atoms with van der Waals surface area (Å²) in [6.07, 6.45) is 1.03. The highest BCUT2D eigenvalue weighted by atomic mass is 16.5. The van der Waals surface area contributed by atoms with Crippen LogP contribution in [0.1, 0.15) is 27.2 Å². The average molecular weight is 362 g/mol. The number of benzene rings is 1. The Labute approximate surface area is 158 Å². The molecule has 0 spiro atoms. The summed E-state index contributed by atoms with van der Waals surface area (Å²) in [5.41, 5.74) is 1.21. The molecular formula is C20H35N5O. The van der Waals surface area contributed by atoms with Gasteiger partial charge in [-0.05, 0) is 39.3 Å². The Kier molecular flexibility index (Phi) is 8.71. The van der Waals surface area contributed by atoms with Crippen LogP contribution in [0.2, 0.25) is 0 Å². The Morgan fingerprint density at radius 1 is 1.12 bits per heavy atom. The summed E-state index contributed by atoms with van der Waals surface area (Å²) >= 11 is 0. The topological polar surface area (TPSA) is 60.9 Å². The molecule has 1 saturated heterocycles. The van der Waals surface area contributed by atoms with Crippen molar-refractivity contribution >= 4 is 11.6 Å². The number of rotatable bonds is 9. The molecule has 6 nitrogen and oxygen atoms in total. The van der Waals surface area contributed by atoms with Gasteiger partial charge in [-0.3, -0.25) is 9.89 Å². The smallest absolute Gasteiger partial charge is 0.191 e. The molecule has 2 rings (SSSR count). The van der Waals surface area contributed by atoms with Crippen LogP contribution in [-0.2, 0) is 4.74 Å². The molecule has 0 unspecified atom stereocenters. The van der Waals surface area contributed by atoms with Crippen molar-refractivity contribution in [3.05, 3.63) is 30.3 Å². The zero-order valence-corrected chi connectivity index (χ0v) is 16.6. The molecular weight excluding hydrogens is 326 g/mol. The van der Waals surface area contributed by atoms with Crippen LogP contribution in [0, 0.1) is 0 Å². The van der Waals surface area contributed by atoms with Crippen LogP contribution < -0.4 is 16.0 Å². The van der Waals surface area contributed by atoms with Crippen LogP contribution in [-0.4, -0.2) is 68.9 Å². The summed E-state index contributed by atoms with van der Waals surface area (Å²) in [7, 11) is 0. The fourth-order valence-electron chi connectivity index (χ4n) is 2.97. The molecule has 0 bridgehead atoms. The van der Waals surface area contributed by atoms with Crippen molar-refractivity contribution in [1.82, 2.24) is 15.5 Å². The molecule has 0 amide bonds. The maximum absolute atomic E-state index is 5.46. The standard InChI is InChI=1S/C20H35N5O/c1-4-21-19(23-12-8-11-22-18-9-6-5-7-10-18)24-17-20(2,3)25-13-15-26-16-14-25/h5-7,9-10,22H,4,8,11-17H2,1-3H3,(H2,21,23,24). The summed E-state index contributed by atoms with van der Waals surface area (Å²) in [5.74, 6) is 0.897. The Balaban J connectivity index is 1.73. The highest BCUT2D eigenvalue weighted by Crippen LogP contribution is 2.16. The van der Waals surface area contributed by atoms with E-state index in [0.717, 1.165) is 64.9 Å². The van der Waals surface area contributed by atoms with Crippen molar-refractivity contribution in [2.24, 2.45) is 4.99 Å². The van der Waals surface area contributed by atoms with E-state index >= 15 is 0 Å². The molecule has 0 aliphatic carbocycles. The van der Waals surface area contributed by atoms with Gasteiger partial charge in [0.25, 0.3) is 0 Å². The van der Waals surface area contributed by atoms with E-state index in [1.807, 2.05) is 18.2 Å². The fraction of sp³-hybridized carbons (Fsp3) is 0.650. The number of anilines is 1.